The number of nitrogens with zero attached hydrogens (tertiary/aromatic N) is 5. The van der Waals surface area contributed by atoms with E-state index in [2.05, 4.69) is 27.9 Å². The maximum absolute atomic E-state index is 10.0. The molecule has 2 fully saturated rings. The Hall–Kier alpha value is -1.63. The van der Waals surface area contributed by atoms with E-state index in [0.29, 0.717) is 0 Å². The van der Waals surface area contributed by atoms with Gasteiger partial charge in [-0.15, -0.1) is 0 Å². The molecule has 0 amide bonds. The number of hydrogen-bond donors (Lipinski definition) is 0. The maximum atomic E-state index is 10.0. The molecule has 30 heavy (non-hydrogen) atoms. The molecule has 0 unspecified atom stereocenters. The van der Waals surface area contributed by atoms with Crippen LogP contribution in [0.5, 0.6) is 0 Å². The van der Waals surface area contributed by atoms with Gasteiger partial charge in [-0.3, -0.25) is 0 Å². The molecular formula is C22H40BN5O2. The van der Waals surface area contributed by atoms with Gasteiger partial charge < -0.3 is 19.0 Å². The molecule has 2 heterocycles. The zero-order chi connectivity index (χ0) is 23.1. The Morgan fingerprint density at radius 3 is 1.20 bits per heavy atom. The van der Waals surface area contributed by atoms with Crippen molar-refractivity contribution in [3.05, 3.63) is 0 Å². The molecule has 0 atom stereocenters. The van der Waals surface area contributed by atoms with Crippen LogP contribution in [0.3, 0.4) is 0 Å². The number of nitriles is 3. The van der Waals surface area contributed by atoms with E-state index in [1.165, 1.54) is 99.6 Å². The van der Waals surface area contributed by atoms with Gasteiger partial charge in [0.05, 0.1) is 71.6 Å². The number of rotatable bonds is 7. The van der Waals surface area contributed by atoms with Crippen molar-refractivity contribution in [3.8, 4) is 18.2 Å². The Balaban J connectivity index is 0.000000420. The van der Waals surface area contributed by atoms with Crippen LogP contribution in [0.2, 0.25) is 5.31 Å². The van der Waals surface area contributed by atoms with Crippen molar-refractivity contribution in [2.45, 2.75) is 70.5 Å². The minimum absolute atomic E-state index is 1.07. The molecule has 0 bridgehead atoms. The van der Waals surface area contributed by atoms with Gasteiger partial charge >= 0.3 is 0 Å². The van der Waals surface area contributed by atoms with Crippen LogP contribution in [0.25, 0.3) is 0 Å². The van der Waals surface area contributed by atoms with Crippen LogP contribution in [0.4, 0.5) is 0 Å². The lowest BCUT2D eigenvalue weighted by molar-refractivity contribution is -0.897. The molecule has 0 aromatic heterocycles. The van der Waals surface area contributed by atoms with Gasteiger partial charge in [-0.25, -0.2) is 0 Å². The van der Waals surface area contributed by atoms with Gasteiger partial charge in [0.2, 0.25) is 0 Å². The summed E-state index contributed by atoms with van der Waals surface area (Å²) < 4.78 is 2.71. The van der Waals surface area contributed by atoms with Crippen LogP contribution in [0, 0.1) is 34.0 Å². The van der Waals surface area contributed by atoms with E-state index in [1.807, 2.05) is 0 Å². The van der Waals surface area contributed by atoms with Crippen molar-refractivity contribution in [3.63, 3.8) is 0 Å². The highest BCUT2D eigenvalue weighted by Gasteiger charge is 2.26. The lowest BCUT2D eigenvalue weighted by atomic mass is 9.61. The van der Waals surface area contributed by atoms with Gasteiger partial charge in [-0.2, -0.15) is 15.8 Å². The van der Waals surface area contributed by atoms with Crippen molar-refractivity contribution < 1.29 is 19.0 Å². The first kappa shape index (κ1) is 28.4. The quantitative estimate of drug-likeness (QED) is 0.460. The topological polar surface area (TPSA) is 117 Å². The molecule has 0 aromatic rings. The number of unbranched alkanes of at least 4 members (excludes halogenated alkanes) is 2. The largest absolute Gasteiger partial charge is 0.890 e. The van der Waals surface area contributed by atoms with E-state index in [4.69, 9.17) is 15.8 Å². The van der Waals surface area contributed by atoms with Gasteiger partial charge in [-0.1, -0.05) is 26.7 Å². The second-order valence-corrected chi connectivity index (χ2v) is 9.18. The first-order chi connectivity index (χ1) is 14.2. The molecule has 168 valence electrons. The Kier molecular flexibility index (Phi) is 13.6. The molecule has 2 rings (SSSR count). The zero-order valence-electron chi connectivity index (χ0n) is 19.5. The summed E-state index contributed by atoms with van der Waals surface area (Å²) in [6, 6.07) is 3.20. The van der Waals surface area contributed by atoms with Crippen LogP contribution < -0.4 is 10.0 Å². The van der Waals surface area contributed by atoms with Gasteiger partial charge in [0.1, 0.15) is 0 Å². The van der Waals surface area contributed by atoms with Crippen molar-refractivity contribution in [2.24, 2.45) is 0 Å². The Labute approximate surface area is 184 Å². The first-order valence-electron chi connectivity index (χ1n) is 11.4. The lowest BCUT2D eigenvalue weighted by Crippen LogP contribution is -2.53. The van der Waals surface area contributed by atoms with E-state index < -0.39 is 12.4 Å². The van der Waals surface area contributed by atoms with E-state index in [9.17, 15) is 10.0 Å². The minimum atomic E-state index is -2.74. The average Bonchev–Trinajstić information content (AvgIpc) is 3.37. The van der Waals surface area contributed by atoms with Gasteiger partial charge in [0, 0.05) is 25.7 Å². The molecule has 0 saturated carbocycles. The minimum Gasteiger partial charge on any atom is -0.890 e. The number of quaternary nitrogens is 2. The van der Waals surface area contributed by atoms with Crippen molar-refractivity contribution >= 4 is 7.12 Å². The molecule has 0 aromatic carbocycles. The van der Waals surface area contributed by atoms with Crippen molar-refractivity contribution in [2.75, 3.05) is 53.4 Å². The smallest absolute Gasteiger partial charge is 0.158 e. The summed E-state index contributed by atoms with van der Waals surface area (Å²) in [5.41, 5.74) is 0. The second-order valence-electron chi connectivity index (χ2n) is 9.18. The molecule has 2 aliphatic rings. The summed E-state index contributed by atoms with van der Waals surface area (Å²) >= 11 is 0. The normalized spacial score (nSPS) is 18.5. The van der Waals surface area contributed by atoms with Crippen LogP contribution >= 0.6 is 0 Å². The third-order valence-corrected chi connectivity index (χ3v) is 6.28. The predicted octanol–water partition coefficient (Wildman–Crippen LogP) is 1.56. The molecule has 8 heteroatoms. The van der Waals surface area contributed by atoms with E-state index in [1.54, 1.807) is 0 Å². The SMILES string of the molecule is CCCC[N+]1(C)CCCC1.CCCC[N+]1(C)CCCC1.N#CC(C#N)(C#N)B([O-])[O-]. The fourth-order valence-corrected chi connectivity index (χ4v) is 3.96. The highest BCUT2D eigenvalue weighted by Crippen LogP contribution is 2.20. The molecule has 2 saturated heterocycles. The van der Waals surface area contributed by atoms with Gasteiger partial charge in [-0.05, 0) is 20.0 Å². The van der Waals surface area contributed by atoms with Crippen LogP contribution in [0.15, 0.2) is 0 Å². The lowest BCUT2D eigenvalue weighted by Gasteiger charge is -2.32. The molecular weight excluding hydrogens is 377 g/mol. The molecule has 0 N–H and O–H groups in total. The predicted molar refractivity (Wildman–Crippen MR) is 115 cm³/mol. The Morgan fingerprint density at radius 2 is 1.03 bits per heavy atom. The summed E-state index contributed by atoms with van der Waals surface area (Å²) in [6.07, 6.45) is 11.4. The second kappa shape index (κ2) is 14.4. The first-order valence-corrected chi connectivity index (χ1v) is 11.4. The maximum Gasteiger partial charge on any atom is 0.158 e. The monoisotopic (exact) mass is 417 g/mol. The van der Waals surface area contributed by atoms with Crippen molar-refractivity contribution in [1.29, 1.82) is 15.8 Å². The summed E-state index contributed by atoms with van der Waals surface area (Å²) in [5.74, 6) is 0. The van der Waals surface area contributed by atoms with Gasteiger partial charge in [0.15, 0.2) is 5.31 Å². The van der Waals surface area contributed by atoms with Crippen molar-refractivity contribution in [1.82, 2.24) is 0 Å². The average molecular weight is 417 g/mol. The summed E-state index contributed by atoms with van der Waals surface area (Å²) in [5, 5.41) is 41.6. The van der Waals surface area contributed by atoms with E-state index >= 15 is 0 Å². The van der Waals surface area contributed by atoms with Gasteiger partial charge in [0.25, 0.3) is 0 Å². The van der Waals surface area contributed by atoms with Crippen LogP contribution in [-0.4, -0.2) is 69.4 Å². The summed E-state index contributed by atoms with van der Waals surface area (Å²) in [4.78, 5) is 0. The third-order valence-electron chi connectivity index (χ3n) is 6.28. The number of hydrogen-bond acceptors (Lipinski definition) is 5. The van der Waals surface area contributed by atoms with Crippen LogP contribution in [-0.2, 0) is 0 Å². The number of likely N-dealkylation sites (tertiary alicyclic amines) is 2. The fraction of sp³-hybridized carbons (Fsp3) is 0.864. The molecule has 0 spiro atoms. The Morgan fingerprint density at radius 1 is 0.733 bits per heavy atom. The Bertz CT molecular complexity index is 532. The van der Waals surface area contributed by atoms with E-state index in [0.717, 1.165) is 18.2 Å². The van der Waals surface area contributed by atoms with E-state index in [-0.39, 0.29) is 0 Å². The molecule has 0 aliphatic carbocycles. The van der Waals surface area contributed by atoms with Crippen LogP contribution in [0.1, 0.15) is 65.2 Å². The molecule has 2 aliphatic heterocycles. The molecule has 0 radical (unpaired) electrons. The zero-order valence-corrected chi connectivity index (χ0v) is 19.5. The highest BCUT2D eigenvalue weighted by atomic mass is 16.4. The summed E-state index contributed by atoms with van der Waals surface area (Å²) in [7, 11) is 2.07. The third kappa shape index (κ3) is 9.92. The fourth-order valence-electron chi connectivity index (χ4n) is 3.96. The highest BCUT2D eigenvalue weighted by molar-refractivity contribution is 6.46. The standard InChI is InChI=1S/2C9H20N.C4BN3O2/c2*1-3-4-7-10(2)8-5-6-9-10;6-1-4(2-7,3-8)5(9)10/h2*3-9H2,1-2H3;/q2*+1;-2. The molecule has 7 nitrogen and oxygen atoms in total. The summed E-state index contributed by atoms with van der Waals surface area (Å²) in [6.45, 7) is 13.1.